The molecule has 0 atom stereocenters. The third-order valence-electron chi connectivity index (χ3n) is 3.82. The van der Waals surface area contributed by atoms with Crippen molar-refractivity contribution in [1.82, 2.24) is 0 Å². The molecule has 0 heterocycles. The third kappa shape index (κ3) is 2.62. The molecule has 1 aliphatic carbocycles. The Bertz CT molecular complexity index is 637. The van der Waals surface area contributed by atoms with E-state index in [1.54, 1.807) is 25.1 Å². The van der Waals surface area contributed by atoms with E-state index in [1.807, 2.05) is 6.07 Å². The Morgan fingerprint density at radius 2 is 1.89 bits per heavy atom. The summed E-state index contributed by atoms with van der Waals surface area (Å²) in [6.45, 7) is 1.77. The number of aliphatic imine (C=N–C) groups is 1. The Morgan fingerprint density at radius 1 is 1.26 bits per heavy atom. The first-order chi connectivity index (χ1) is 8.89. The van der Waals surface area contributed by atoms with Gasteiger partial charge in [0.25, 0.3) is 0 Å². The molecule has 0 spiro atoms. The molecule has 1 aromatic rings. The first kappa shape index (κ1) is 14.0. The number of nitrogens with zero attached hydrogens (tertiary/aromatic N) is 1. The summed E-state index contributed by atoms with van der Waals surface area (Å²) in [4.78, 5) is 15.0. The molecule has 1 aliphatic rings. The summed E-state index contributed by atoms with van der Waals surface area (Å²) < 4.78 is 23.6. The second-order valence-electron chi connectivity index (χ2n) is 5.19. The summed E-state index contributed by atoms with van der Waals surface area (Å²) in [6, 6.07) is 5.32. The number of hydrogen-bond donors (Lipinski definition) is 0. The number of benzene rings is 1. The fraction of sp³-hybridized carbons (Fsp3) is 0.500. The monoisotopic (exact) mass is 279 g/mol. The molecule has 0 N–H and O–H groups in total. The van der Waals surface area contributed by atoms with E-state index in [0.717, 1.165) is 36.8 Å². The second-order valence-corrected chi connectivity index (χ2v) is 7.18. The van der Waals surface area contributed by atoms with E-state index in [4.69, 9.17) is 0 Å². The SMILES string of the molecule is Cc1ccc(C2(N=C=O)CCCC2)cc1S(C)(=O)=O. The van der Waals surface area contributed by atoms with Crippen molar-refractivity contribution in [2.75, 3.05) is 6.26 Å². The van der Waals surface area contributed by atoms with Crippen molar-refractivity contribution in [2.24, 2.45) is 4.99 Å². The average Bonchev–Trinajstić information content (AvgIpc) is 2.78. The number of isocyanates is 1. The predicted molar refractivity (Wildman–Crippen MR) is 72.6 cm³/mol. The van der Waals surface area contributed by atoms with Crippen LogP contribution in [0.3, 0.4) is 0 Å². The highest BCUT2D eigenvalue weighted by atomic mass is 32.2. The predicted octanol–water partition coefficient (Wildman–Crippen LogP) is 2.50. The summed E-state index contributed by atoms with van der Waals surface area (Å²) in [5.41, 5.74) is 0.948. The van der Waals surface area contributed by atoms with E-state index in [9.17, 15) is 13.2 Å². The molecule has 1 saturated carbocycles. The zero-order chi connectivity index (χ0) is 14.1. The number of rotatable bonds is 3. The minimum Gasteiger partial charge on any atom is -0.224 e. The van der Waals surface area contributed by atoms with Gasteiger partial charge in [0.2, 0.25) is 6.08 Å². The van der Waals surface area contributed by atoms with Crippen LogP contribution in [0, 0.1) is 6.92 Å². The van der Waals surface area contributed by atoms with Crippen LogP contribution >= 0.6 is 0 Å². The van der Waals surface area contributed by atoms with Crippen LogP contribution < -0.4 is 0 Å². The molecule has 102 valence electrons. The van der Waals surface area contributed by atoms with Crippen LogP contribution in [-0.4, -0.2) is 20.8 Å². The highest BCUT2D eigenvalue weighted by Crippen LogP contribution is 2.42. The summed E-state index contributed by atoms with van der Waals surface area (Å²) in [6.07, 6.45) is 6.38. The maximum absolute atomic E-state index is 11.8. The number of hydrogen-bond acceptors (Lipinski definition) is 4. The molecule has 0 amide bonds. The molecule has 19 heavy (non-hydrogen) atoms. The zero-order valence-electron chi connectivity index (χ0n) is 11.1. The standard InChI is InChI=1S/C14H17NO3S/c1-11-5-6-12(9-13(11)19(2,17)18)14(15-10-16)7-3-4-8-14/h5-6,9H,3-4,7-8H2,1-2H3. The van der Waals surface area contributed by atoms with Gasteiger partial charge >= 0.3 is 0 Å². The summed E-state index contributed by atoms with van der Waals surface area (Å²) in [5.74, 6) is 0. The maximum atomic E-state index is 11.8. The van der Waals surface area contributed by atoms with Gasteiger partial charge in [-0.05, 0) is 37.0 Å². The maximum Gasteiger partial charge on any atom is 0.235 e. The van der Waals surface area contributed by atoms with Gasteiger partial charge in [-0.3, -0.25) is 0 Å². The molecular formula is C14H17NO3S. The van der Waals surface area contributed by atoms with Crippen LogP contribution in [0.2, 0.25) is 0 Å². The fourth-order valence-electron chi connectivity index (χ4n) is 2.80. The van der Waals surface area contributed by atoms with Gasteiger partial charge < -0.3 is 0 Å². The first-order valence-electron chi connectivity index (χ1n) is 6.29. The van der Waals surface area contributed by atoms with Crippen molar-refractivity contribution in [2.45, 2.75) is 43.0 Å². The van der Waals surface area contributed by atoms with Crippen LogP contribution in [0.4, 0.5) is 0 Å². The van der Waals surface area contributed by atoms with Crippen LogP contribution in [0.1, 0.15) is 36.8 Å². The normalized spacial score (nSPS) is 18.0. The Morgan fingerprint density at radius 3 is 2.42 bits per heavy atom. The van der Waals surface area contributed by atoms with Crippen LogP contribution in [0.25, 0.3) is 0 Å². The molecule has 0 unspecified atom stereocenters. The molecule has 0 saturated heterocycles. The second kappa shape index (κ2) is 4.91. The van der Waals surface area contributed by atoms with Crippen molar-refractivity contribution in [3.63, 3.8) is 0 Å². The lowest BCUT2D eigenvalue weighted by molar-refractivity contribution is 0.455. The topological polar surface area (TPSA) is 63.6 Å². The summed E-state index contributed by atoms with van der Waals surface area (Å²) in [5, 5.41) is 0. The minimum absolute atomic E-state index is 0.317. The van der Waals surface area contributed by atoms with Gasteiger partial charge in [0, 0.05) is 6.26 Å². The van der Waals surface area contributed by atoms with E-state index < -0.39 is 15.4 Å². The van der Waals surface area contributed by atoms with E-state index in [1.165, 1.54) is 6.26 Å². The van der Waals surface area contributed by atoms with Gasteiger partial charge in [-0.15, -0.1) is 0 Å². The van der Waals surface area contributed by atoms with E-state index in [2.05, 4.69) is 4.99 Å². The lowest BCUT2D eigenvalue weighted by atomic mass is 9.88. The summed E-state index contributed by atoms with van der Waals surface area (Å²) in [7, 11) is -3.27. The van der Waals surface area contributed by atoms with Crippen molar-refractivity contribution in [3.05, 3.63) is 29.3 Å². The Kier molecular flexibility index (Phi) is 3.61. The average molecular weight is 279 g/mol. The lowest BCUT2D eigenvalue weighted by Gasteiger charge is -2.23. The van der Waals surface area contributed by atoms with E-state index in [0.29, 0.717) is 4.90 Å². The number of carbonyl (C=O) groups excluding carboxylic acids is 1. The Hall–Kier alpha value is -1.45. The zero-order valence-corrected chi connectivity index (χ0v) is 12.0. The van der Waals surface area contributed by atoms with E-state index in [-0.39, 0.29) is 0 Å². The van der Waals surface area contributed by atoms with Crippen LogP contribution in [0.5, 0.6) is 0 Å². The molecule has 0 aliphatic heterocycles. The summed E-state index contributed by atoms with van der Waals surface area (Å²) >= 11 is 0. The molecule has 1 aromatic carbocycles. The van der Waals surface area contributed by atoms with E-state index >= 15 is 0 Å². The van der Waals surface area contributed by atoms with Gasteiger partial charge in [-0.2, -0.15) is 4.99 Å². The van der Waals surface area contributed by atoms with Crippen molar-refractivity contribution >= 4 is 15.9 Å². The Balaban J connectivity index is 2.60. The highest BCUT2D eigenvalue weighted by Gasteiger charge is 2.36. The molecule has 1 fully saturated rings. The van der Waals surface area contributed by atoms with Crippen molar-refractivity contribution in [1.29, 1.82) is 0 Å². The minimum atomic E-state index is -3.27. The van der Waals surface area contributed by atoms with Crippen LogP contribution in [0.15, 0.2) is 28.1 Å². The van der Waals surface area contributed by atoms with Gasteiger partial charge in [0.1, 0.15) is 0 Å². The van der Waals surface area contributed by atoms with Gasteiger partial charge in [0.05, 0.1) is 10.4 Å². The van der Waals surface area contributed by atoms with Crippen LogP contribution in [-0.2, 0) is 20.2 Å². The van der Waals surface area contributed by atoms with Crippen molar-refractivity contribution < 1.29 is 13.2 Å². The third-order valence-corrected chi connectivity index (χ3v) is 5.05. The molecule has 0 radical (unpaired) electrons. The quantitative estimate of drug-likeness (QED) is 0.631. The van der Waals surface area contributed by atoms with Crippen molar-refractivity contribution in [3.8, 4) is 0 Å². The Labute approximate surface area is 113 Å². The molecule has 0 bridgehead atoms. The fourth-order valence-corrected chi connectivity index (χ4v) is 3.80. The molecule has 4 nitrogen and oxygen atoms in total. The molecule has 5 heteroatoms. The smallest absolute Gasteiger partial charge is 0.224 e. The molecule has 2 rings (SSSR count). The number of aryl methyl sites for hydroxylation is 1. The first-order valence-corrected chi connectivity index (χ1v) is 8.18. The van der Waals surface area contributed by atoms with Gasteiger partial charge in [-0.25, -0.2) is 13.2 Å². The molecule has 0 aromatic heterocycles. The molecular weight excluding hydrogens is 262 g/mol. The number of sulfone groups is 1. The van der Waals surface area contributed by atoms with Gasteiger partial charge in [-0.1, -0.05) is 25.0 Å². The highest BCUT2D eigenvalue weighted by molar-refractivity contribution is 7.90. The lowest BCUT2D eigenvalue weighted by Crippen LogP contribution is -2.19. The largest absolute Gasteiger partial charge is 0.235 e. The van der Waals surface area contributed by atoms with Gasteiger partial charge in [0.15, 0.2) is 9.84 Å².